The van der Waals surface area contributed by atoms with Crippen molar-refractivity contribution < 1.29 is 33.4 Å². The Morgan fingerprint density at radius 3 is 2.71 bits per heavy atom. The van der Waals surface area contributed by atoms with E-state index in [0.29, 0.717) is 23.4 Å². The van der Waals surface area contributed by atoms with E-state index in [0.717, 1.165) is 12.8 Å². The largest absolute Gasteiger partial charge is 0.489 e. The van der Waals surface area contributed by atoms with Crippen LogP contribution in [0.5, 0.6) is 11.5 Å². The summed E-state index contributed by atoms with van der Waals surface area (Å²) in [6, 6.07) is 9.01. The molecule has 2 unspecified atom stereocenters. The second-order valence-electron chi connectivity index (χ2n) is 9.19. The summed E-state index contributed by atoms with van der Waals surface area (Å²) >= 11 is 6.05. The van der Waals surface area contributed by atoms with Crippen LogP contribution in [-0.4, -0.2) is 28.5 Å². The average Bonchev–Trinajstić information content (AvgIpc) is 3.03. The Balaban J connectivity index is 1.56. The van der Waals surface area contributed by atoms with Crippen LogP contribution < -0.4 is 14.8 Å². The Morgan fingerprint density at radius 2 is 2.00 bits per heavy atom. The Hall–Kier alpha value is -3.13. The zero-order valence-corrected chi connectivity index (χ0v) is 19.6. The van der Waals surface area contributed by atoms with Crippen LogP contribution in [0.3, 0.4) is 0 Å². The van der Waals surface area contributed by atoms with Crippen molar-refractivity contribution in [3.8, 4) is 11.5 Å². The van der Waals surface area contributed by atoms with Crippen LogP contribution in [0.25, 0.3) is 0 Å². The number of benzene rings is 2. The maximum atomic E-state index is 15.3. The van der Waals surface area contributed by atoms with Crippen LogP contribution in [0.2, 0.25) is 5.02 Å². The van der Waals surface area contributed by atoms with Gasteiger partial charge in [-0.15, -0.1) is 0 Å². The van der Waals surface area contributed by atoms with Gasteiger partial charge >= 0.3 is 5.97 Å². The number of carboxylic acids is 1. The second kappa shape index (κ2) is 8.91. The van der Waals surface area contributed by atoms with Crippen molar-refractivity contribution in [3.05, 3.63) is 58.4 Å². The lowest BCUT2D eigenvalue weighted by Crippen LogP contribution is -2.42. The van der Waals surface area contributed by atoms with E-state index in [2.05, 4.69) is 5.32 Å². The van der Waals surface area contributed by atoms with Crippen molar-refractivity contribution in [2.45, 2.75) is 57.2 Å². The normalized spacial score (nSPS) is 22.2. The van der Waals surface area contributed by atoms with E-state index in [1.165, 1.54) is 32.0 Å². The minimum atomic E-state index is -1.50. The Labute approximate surface area is 201 Å². The summed E-state index contributed by atoms with van der Waals surface area (Å²) in [5.41, 5.74) is -1.96. The SMILES string of the molecule is CC(C)(Oc1cc(Cl)ccc1COc1ccc(C23CCCCC2C(=O)NC3=O)c(F)c1)C(=O)O. The van der Waals surface area contributed by atoms with E-state index in [-0.39, 0.29) is 29.6 Å². The highest BCUT2D eigenvalue weighted by atomic mass is 35.5. The number of carboxylic acid groups (broad SMARTS) is 1. The Kier molecular flexibility index (Phi) is 6.29. The van der Waals surface area contributed by atoms with E-state index in [1.54, 1.807) is 18.2 Å². The van der Waals surface area contributed by atoms with Crippen LogP contribution in [0.15, 0.2) is 36.4 Å². The number of imide groups is 1. The van der Waals surface area contributed by atoms with Crippen LogP contribution in [0, 0.1) is 11.7 Å². The van der Waals surface area contributed by atoms with Gasteiger partial charge in [-0.3, -0.25) is 14.9 Å². The first kappa shape index (κ1) is 24.0. The van der Waals surface area contributed by atoms with Gasteiger partial charge in [-0.2, -0.15) is 0 Å². The van der Waals surface area contributed by atoms with Gasteiger partial charge in [-0.05, 0) is 44.9 Å². The zero-order valence-electron chi connectivity index (χ0n) is 18.8. The number of ether oxygens (including phenoxy) is 2. The van der Waals surface area contributed by atoms with Crippen LogP contribution >= 0.6 is 11.6 Å². The smallest absolute Gasteiger partial charge is 0.347 e. The number of carbonyl (C=O) groups is 3. The van der Waals surface area contributed by atoms with Crippen molar-refractivity contribution in [2.24, 2.45) is 5.92 Å². The predicted octanol–water partition coefficient (Wildman–Crippen LogP) is 4.38. The molecule has 0 bridgehead atoms. The number of fused-ring (bicyclic) bond motifs is 1. The molecule has 9 heteroatoms. The molecule has 0 aromatic heterocycles. The number of amides is 2. The molecule has 2 aromatic carbocycles. The van der Waals surface area contributed by atoms with Crippen LogP contribution in [0.1, 0.15) is 50.7 Å². The minimum absolute atomic E-state index is 0.0340. The number of hydrogen-bond acceptors (Lipinski definition) is 5. The topological polar surface area (TPSA) is 102 Å². The van der Waals surface area contributed by atoms with Crippen molar-refractivity contribution >= 4 is 29.4 Å². The molecule has 1 aliphatic heterocycles. The van der Waals surface area contributed by atoms with E-state index < -0.39 is 34.6 Å². The molecule has 2 amide bonds. The van der Waals surface area contributed by atoms with Gasteiger partial charge in [0.1, 0.15) is 23.9 Å². The Bertz CT molecular complexity index is 1170. The minimum Gasteiger partial charge on any atom is -0.489 e. The van der Waals surface area contributed by atoms with Gasteiger partial charge in [-0.25, -0.2) is 9.18 Å². The quantitative estimate of drug-likeness (QED) is 0.559. The highest BCUT2D eigenvalue weighted by molar-refractivity contribution is 6.30. The fourth-order valence-electron chi connectivity index (χ4n) is 4.72. The molecule has 2 atom stereocenters. The Morgan fingerprint density at radius 1 is 1.24 bits per heavy atom. The average molecular weight is 490 g/mol. The van der Waals surface area contributed by atoms with Crippen molar-refractivity contribution in [1.82, 2.24) is 5.32 Å². The molecule has 1 aliphatic carbocycles. The van der Waals surface area contributed by atoms with E-state index in [1.807, 2.05) is 0 Å². The summed E-state index contributed by atoms with van der Waals surface area (Å²) in [4.78, 5) is 36.5. The molecule has 0 radical (unpaired) electrons. The van der Waals surface area contributed by atoms with Gasteiger partial charge in [-0.1, -0.05) is 36.6 Å². The third kappa shape index (κ3) is 4.22. The fraction of sp³-hybridized carbons (Fsp3) is 0.400. The summed E-state index contributed by atoms with van der Waals surface area (Å²) in [7, 11) is 0. The van der Waals surface area contributed by atoms with Gasteiger partial charge in [0, 0.05) is 22.2 Å². The summed E-state index contributed by atoms with van der Waals surface area (Å²) in [5, 5.41) is 12.1. The van der Waals surface area contributed by atoms with E-state index in [4.69, 9.17) is 21.1 Å². The monoisotopic (exact) mass is 489 g/mol. The third-order valence-electron chi connectivity index (χ3n) is 6.59. The third-order valence-corrected chi connectivity index (χ3v) is 6.83. The van der Waals surface area contributed by atoms with Crippen molar-refractivity contribution in [1.29, 1.82) is 0 Å². The molecule has 1 heterocycles. The predicted molar refractivity (Wildman–Crippen MR) is 121 cm³/mol. The maximum Gasteiger partial charge on any atom is 0.347 e. The molecule has 0 spiro atoms. The van der Waals surface area contributed by atoms with E-state index in [9.17, 15) is 19.5 Å². The van der Waals surface area contributed by atoms with Gasteiger partial charge in [0.25, 0.3) is 0 Å². The van der Waals surface area contributed by atoms with Gasteiger partial charge in [0.05, 0.1) is 11.3 Å². The second-order valence-corrected chi connectivity index (χ2v) is 9.62. The molecule has 180 valence electrons. The number of carbonyl (C=O) groups excluding carboxylic acids is 2. The standard InChI is InChI=1S/C25H25ClFNO6/c1-24(2,23(31)32)34-20-11-15(26)7-6-14(20)13-33-16-8-9-17(19(27)12-16)25-10-4-3-5-18(25)21(29)28-22(25)30/h6-9,11-12,18H,3-5,10,13H2,1-2H3,(H,31,32)(H,28,29,30). The lowest BCUT2D eigenvalue weighted by atomic mass is 9.63. The zero-order chi connectivity index (χ0) is 24.7. The highest BCUT2D eigenvalue weighted by Crippen LogP contribution is 2.48. The first-order valence-electron chi connectivity index (χ1n) is 11.0. The molecular weight excluding hydrogens is 465 g/mol. The molecule has 4 rings (SSSR count). The fourth-order valence-corrected chi connectivity index (χ4v) is 4.89. The van der Waals surface area contributed by atoms with Crippen molar-refractivity contribution in [3.63, 3.8) is 0 Å². The molecular formula is C25H25ClFNO6. The lowest BCUT2D eigenvalue weighted by molar-refractivity contribution is -0.152. The van der Waals surface area contributed by atoms with Gasteiger partial charge in [0.2, 0.25) is 11.8 Å². The van der Waals surface area contributed by atoms with Gasteiger partial charge < -0.3 is 14.6 Å². The van der Waals surface area contributed by atoms with Crippen LogP contribution in [-0.2, 0) is 26.4 Å². The lowest BCUT2D eigenvalue weighted by Gasteiger charge is -2.36. The summed E-state index contributed by atoms with van der Waals surface area (Å²) < 4.78 is 26.6. The number of rotatable bonds is 7. The molecule has 2 N–H and O–H groups in total. The number of halogens is 2. The molecule has 7 nitrogen and oxygen atoms in total. The first-order chi connectivity index (χ1) is 16.0. The molecule has 1 saturated heterocycles. The molecule has 1 saturated carbocycles. The highest BCUT2D eigenvalue weighted by Gasteiger charge is 2.57. The maximum absolute atomic E-state index is 15.3. The first-order valence-corrected chi connectivity index (χ1v) is 11.4. The number of aliphatic carboxylic acids is 1. The molecule has 2 aromatic rings. The summed E-state index contributed by atoms with van der Waals surface area (Å²) in [6.07, 6.45) is 2.51. The summed E-state index contributed by atoms with van der Waals surface area (Å²) in [6.45, 7) is 2.79. The van der Waals surface area contributed by atoms with Crippen molar-refractivity contribution in [2.75, 3.05) is 0 Å². The molecule has 34 heavy (non-hydrogen) atoms. The number of nitrogens with one attached hydrogen (secondary N) is 1. The van der Waals surface area contributed by atoms with Crippen LogP contribution in [0.4, 0.5) is 4.39 Å². The molecule has 2 aliphatic rings. The van der Waals surface area contributed by atoms with E-state index >= 15 is 4.39 Å². The number of hydrogen-bond donors (Lipinski definition) is 2. The molecule has 2 fully saturated rings. The summed E-state index contributed by atoms with van der Waals surface area (Å²) in [5.74, 6) is -2.67. The van der Waals surface area contributed by atoms with Gasteiger partial charge in [0.15, 0.2) is 5.60 Å².